The molecule has 0 fully saturated rings. The van der Waals surface area contributed by atoms with Crippen molar-refractivity contribution in [2.45, 2.75) is 12.6 Å². The second-order valence-corrected chi connectivity index (χ2v) is 3.69. The van der Waals surface area contributed by atoms with Crippen LogP contribution in [0.3, 0.4) is 0 Å². The molecule has 0 unspecified atom stereocenters. The van der Waals surface area contributed by atoms with E-state index in [2.05, 4.69) is 0 Å². The van der Waals surface area contributed by atoms with Gasteiger partial charge in [-0.1, -0.05) is 0 Å². The summed E-state index contributed by atoms with van der Waals surface area (Å²) in [4.78, 5) is 10.1. The minimum absolute atomic E-state index is 0.0438. The molecule has 77 valence electrons. The molecule has 0 aliphatic heterocycles. The highest BCUT2D eigenvalue weighted by molar-refractivity contribution is 7.12. The van der Waals surface area contributed by atoms with Crippen LogP contribution in [0.15, 0.2) is 12.1 Å². The van der Waals surface area contributed by atoms with Crippen LogP contribution in [0.5, 0.6) is 0 Å². The van der Waals surface area contributed by atoms with Crippen molar-refractivity contribution in [3.05, 3.63) is 28.3 Å². The molecule has 1 radical (unpaired) electrons. The van der Waals surface area contributed by atoms with Gasteiger partial charge in [0, 0.05) is 17.7 Å². The maximum absolute atomic E-state index is 12.1. The maximum atomic E-state index is 12.1. The van der Waals surface area contributed by atoms with Gasteiger partial charge < -0.3 is 5.73 Å². The number of hydrogen-bond acceptors (Lipinski definition) is 2. The zero-order valence-electron chi connectivity index (χ0n) is 6.97. The van der Waals surface area contributed by atoms with Gasteiger partial charge in [-0.15, -0.1) is 11.3 Å². The van der Waals surface area contributed by atoms with Crippen LogP contribution >= 0.6 is 11.3 Å². The van der Waals surface area contributed by atoms with Crippen LogP contribution in [0, 0.1) is 6.42 Å². The summed E-state index contributed by atoms with van der Waals surface area (Å²) in [5.41, 5.74) is 4.85. The first-order valence-electron chi connectivity index (χ1n) is 3.68. The minimum Gasteiger partial charge on any atom is -0.370 e. The quantitative estimate of drug-likeness (QED) is 0.837. The summed E-state index contributed by atoms with van der Waals surface area (Å²) in [6.07, 6.45) is -2.98. The highest BCUT2D eigenvalue weighted by Gasteiger charge is 2.32. The molecule has 14 heavy (non-hydrogen) atoms. The molecule has 0 spiro atoms. The number of rotatable bonds is 3. The summed E-state index contributed by atoms with van der Waals surface area (Å²) in [7, 11) is 0. The molecule has 0 aliphatic rings. The van der Waals surface area contributed by atoms with Gasteiger partial charge >= 0.3 is 6.18 Å². The number of amides is 1. The second-order valence-electron chi connectivity index (χ2n) is 2.57. The number of carbonyl (C=O) groups excluding carboxylic acids is 1. The van der Waals surface area contributed by atoms with E-state index in [1.807, 2.05) is 0 Å². The average Bonchev–Trinajstić information content (AvgIpc) is 2.47. The highest BCUT2D eigenvalue weighted by atomic mass is 32.1. The number of halogens is 3. The lowest BCUT2D eigenvalue weighted by molar-refractivity contribution is -0.134. The molecule has 0 bridgehead atoms. The van der Waals surface area contributed by atoms with E-state index in [1.54, 1.807) is 0 Å². The van der Waals surface area contributed by atoms with Gasteiger partial charge in [0.15, 0.2) is 0 Å². The third kappa shape index (κ3) is 3.02. The van der Waals surface area contributed by atoms with E-state index >= 15 is 0 Å². The standard InChI is InChI=1S/C8H7F3NOS/c9-8(10,11)6-3-1-5(14-6)2-4-7(12)13/h1-3H,4H2,(H2,12,13). The van der Waals surface area contributed by atoms with E-state index in [0.29, 0.717) is 16.2 Å². The van der Waals surface area contributed by atoms with E-state index in [9.17, 15) is 18.0 Å². The SMILES string of the molecule is NC(=O)C[CH]c1ccc(C(F)(F)F)s1. The molecule has 0 aromatic carbocycles. The van der Waals surface area contributed by atoms with Crippen molar-refractivity contribution in [3.63, 3.8) is 0 Å². The smallest absolute Gasteiger partial charge is 0.370 e. The zero-order valence-corrected chi connectivity index (χ0v) is 7.78. The van der Waals surface area contributed by atoms with Gasteiger partial charge in [-0.2, -0.15) is 13.2 Å². The predicted octanol–water partition coefficient (Wildman–Crippen LogP) is 2.19. The normalized spacial score (nSPS) is 11.6. The second kappa shape index (κ2) is 4.00. The average molecular weight is 222 g/mol. The molecule has 0 aliphatic carbocycles. The van der Waals surface area contributed by atoms with Crippen molar-refractivity contribution in [2.24, 2.45) is 5.73 Å². The first kappa shape index (κ1) is 11.0. The maximum Gasteiger partial charge on any atom is 0.425 e. The molecule has 1 amide bonds. The molecule has 1 heterocycles. The van der Waals surface area contributed by atoms with E-state index in [0.717, 1.165) is 6.07 Å². The molecule has 0 saturated heterocycles. The fourth-order valence-electron chi connectivity index (χ4n) is 0.816. The highest BCUT2D eigenvalue weighted by Crippen LogP contribution is 2.35. The van der Waals surface area contributed by atoms with E-state index in [4.69, 9.17) is 5.73 Å². The Morgan fingerprint density at radius 3 is 2.57 bits per heavy atom. The third-order valence-electron chi connectivity index (χ3n) is 1.41. The molecule has 6 heteroatoms. The van der Waals surface area contributed by atoms with E-state index in [-0.39, 0.29) is 6.42 Å². The Kier molecular flexibility index (Phi) is 3.15. The summed E-state index contributed by atoms with van der Waals surface area (Å²) >= 11 is 0.593. The van der Waals surface area contributed by atoms with Gasteiger partial charge in [0.2, 0.25) is 5.91 Å². The predicted molar refractivity (Wildman–Crippen MR) is 46.5 cm³/mol. The summed E-state index contributed by atoms with van der Waals surface area (Å²) < 4.78 is 36.3. The van der Waals surface area contributed by atoms with Crippen LogP contribution in [-0.2, 0) is 11.0 Å². The Labute approximate surface area is 82.5 Å². The summed E-state index contributed by atoms with van der Waals surface area (Å²) in [6, 6.07) is 2.30. The van der Waals surface area contributed by atoms with Crippen molar-refractivity contribution in [3.8, 4) is 0 Å². The molecule has 1 rings (SSSR count). The van der Waals surface area contributed by atoms with E-state index < -0.39 is 17.0 Å². The van der Waals surface area contributed by atoms with Crippen LogP contribution in [0.4, 0.5) is 13.2 Å². The van der Waals surface area contributed by atoms with Crippen molar-refractivity contribution in [2.75, 3.05) is 0 Å². The lowest BCUT2D eigenvalue weighted by Crippen LogP contribution is -2.09. The monoisotopic (exact) mass is 222 g/mol. The van der Waals surface area contributed by atoms with Crippen LogP contribution in [0.1, 0.15) is 16.2 Å². The summed E-state index contributed by atoms with van der Waals surface area (Å²) in [5, 5.41) is 0. The number of carbonyl (C=O) groups is 1. The minimum atomic E-state index is -4.32. The van der Waals surface area contributed by atoms with Gasteiger partial charge in [0.25, 0.3) is 0 Å². The third-order valence-corrected chi connectivity index (χ3v) is 2.54. The molecule has 2 nitrogen and oxygen atoms in total. The Hall–Kier alpha value is -1.04. The Morgan fingerprint density at radius 2 is 2.14 bits per heavy atom. The van der Waals surface area contributed by atoms with Crippen molar-refractivity contribution >= 4 is 17.2 Å². The van der Waals surface area contributed by atoms with Gasteiger partial charge in [0.1, 0.15) is 4.88 Å². The molecule has 0 saturated carbocycles. The zero-order chi connectivity index (χ0) is 10.8. The van der Waals surface area contributed by atoms with Gasteiger partial charge in [-0.05, 0) is 12.1 Å². The number of thiophene rings is 1. The van der Waals surface area contributed by atoms with Crippen LogP contribution in [-0.4, -0.2) is 5.91 Å². The van der Waals surface area contributed by atoms with Crippen LogP contribution in [0.25, 0.3) is 0 Å². The van der Waals surface area contributed by atoms with Crippen molar-refractivity contribution < 1.29 is 18.0 Å². The number of alkyl halides is 3. The van der Waals surface area contributed by atoms with Crippen molar-refractivity contribution in [1.82, 2.24) is 0 Å². The summed E-state index contributed by atoms with van der Waals surface area (Å²) in [6.45, 7) is 0. The van der Waals surface area contributed by atoms with Crippen molar-refractivity contribution in [1.29, 1.82) is 0 Å². The molecule has 1 aromatic heterocycles. The fourth-order valence-corrected chi connectivity index (χ4v) is 1.62. The molecular formula is C8H7F3NOS. The van der Waals surface area contributed by atoms with Crippen LogP contribution < -0.4 is 5.73 Å². The Balaban J connectivity index is 2.64. The number of hydrogen-bond donors (Lipinski definition) is 1. The molecular weight excluding hydrogens is 215 g/mol. The first-order chi connectivity index (χ1) is 6.39. The lowest BCUT2D eigenvalue weighted by atomic mass is 10.2. The van der Waals surface area contributed by atoms with Gasteiger partial charge in [-0.3, -0.25) is 4.79 Å². The molecule has 1 aromatic rings. The van der Waals surface area contributed by atoms with Gasteiger partial charge in [0.05, 0.1) is 0 Å². The van der Waals surface area contributed by atoms with Crippen LogP contribution in [0.2, 0.25) is 0 Å². The Bertz CT molecular complexity index is 332. The number of primary amides is 1. The van der Waals surface area contributed by atoms with E-state index in [1.165, 1.54) is 12.5 Å². The summed E-state index contributed by atoms with van der Waals surface area (Å²) in [5.74, 6) is -0.563. The molecule has 0 atom stereocenters. The van der Waals surface area contributed by atoms with Gasteiger partial charge in [-0.25, -0.2) is 0 Å². The lowest BCUT2D eigenvalue weighted by Gasteiger charge is -2.00. The largest absolute Gasteiger partial charge is 0.425 e. The Morgan fingerprint density at radius 1 is 1.50 bits per heavy atom. The molecule has 2 N–H and O–H groups in total. The number of nitrogens with two attached hydrogens (primary N) is 1. The topological polar surface area (TPSA) is 43.1 Å². The fraction of sp³-hybridized carbons (Fsp3) is 0.250. The first-order valence-corrected chi connectivity index (χ1v) is 4.50.